The number of anilines is 1. The maximum atomic E-state index is 12.5. The molecule has 0 aliphatic carbocycles. The number of rotatable bonds is 6. The summed E-state index contributed by atoms with van der Waals surface area (Å²) < 4.78 is 26.3. The fourth-order valence-corrected chi connectivity index (χ4v) is 4.27. The van der Waals surface area contributed by atoms with E-state index in [0.717, 1.165) is 25.9 Å². The zero-order valence-electron chi connectivity index (χ0n) is 12.9. The van der Waals surface area contributed by atoms with Gasteiger partial charge in [0.05, 0.1) is 10.9 Å². The number of benzene rings is 1. The molecule has 1 fully saturated rings. The van der Waals surface area contributed by atoms with Crippen molar-refractivity contribution in [2.45, 2.75) is 31.6 Å². The molecular formula is C15H21N2O4S-. The summed E-state index contributed by atoms with van der Waals surface area (Å²) in [5.41, 5.74) is 0.478. The van der Waals surface area contributed by atoms with Gasteiger partial charge in [0.1, 0.15) is 0 Å². The Kier molecular flexibility index (Phi) is 5.08. The number of hydrogen-bond donors (Lipinski definition) is 0. The minimum absolute atomic E-state index is 0.00153. The average Bonchev–Trinajstić information content (AvgIpc) is 3.01. The molecule has 0 amide bonds. The Morgan fingerprint density at radius 2 is 1.82 bits per heavy atom. The number of carboxylic acid groups (broad SMARTS) is 1. The molecule has 0 unspecified atom stereocenters. The molecule has 0 N–H and O–H groups in total. The van der Waals surface area contributed by atoms with Crippen LogP contribution in [0.4, 0.5) is 5.69 Å². The van der Waals surface area contributed by atoms with E-state index in [4.69, 9.17) is 0 Å². The molecule has 7 heteroatoms. The Balaban J connectivity index is 2.47. The second-order valence-corrected chi connectivity index (χ2v) is 7.19. The molecule has 0 bridgehead atoms. The Morgan fingerprint density at radius 3 is 2.32 bits per heavy atom. The molecule has 0 radical (unpaired) electrons. The first kappa shape index (κ1) is 16.8. The molecule has 1 saturated heterocycles. The van der Waals surface area contributed by atoms with Gasteiger partial charge in [-0.15, -0.1) is 0 Å². The Labute approximate surface area is 131 Å². The molecule has 0 atom stereocenters. The first-order valence-electron chi connectivity index (χ1n) is 7.52. The average molecular weight is 325 g/mol. The highest BCUT2D eigenvalue weighted by molar-refractivity contribution is 7.89. The molecule has 0 spiro atoms. The maximum absolute atomic E-state index is 12.5. The molecule has 0 saturated carbocycles. The summed E-state index contributed by atoms with van der Waals surface area (Å²) >= 11 is 0. The van der Waals surface area contributed by atoms with Gasteiger partial charge in [0.25, 0.3) is 0 Å². The third kappa shape index (κ3) is 3.10. The molecule has 1 aliphatic heterocycles. The van der Waals surface area contributed by atoms with Crippen molar-refractivity contribution < 1.29 is 18.3 Å². The minimum atomic E-state index is -3.67. The zero-order valence-corrected chi connectivity index (χ0v) is 13.7. The lowest BCUT2D eigenvalue weighted by atomic mass is 10.1. The third-order valence-corrected chi connectivity index (χ3v) is 6.02. The minimum Gasteiger partial charge on any atom is -0.545 e. The van der Waals surface area contributed by atoms with Crippen LogP contribution in [0.25, 0.3) is 0 Å². The van der Waals surface area contributed by atoms with Crippen molar-refractivity contribution in [2.75, 3.05) is 31.1 Å². The van der Waals surface area contributed by atoms with Crippen LogP contribution in [0.3, 0.4) is 0 Å². The van der Waals surface area contributed by atoms with Crippen molar-refractivity contribution in [3.05, 3.63) is 23.8 Å². The monoisotopic (exact) mass is 325 g/mol. The van der Waals surface area contributed by atoms with Crippen molar-refractivity contribution in [1.29, 1.82) is 0 Å². The number of nitrogens with zero attached hydrogens (tertiary/aromatic N) is 2. The summed E-state index contributed by atoms with van der Waals surface area (Å²) in [6, 6.07) is 4.28. The highest BCUT2D eigenvalue weighted by atomic mass is 32.2. The summed E-state index contributed by atoms with van der Waals surface area (Å²) in [5.74, 6) is -1.35. The SMILES string of the molecule is CCN(CC)S(=O)(=O)c1ccc(N2CCCC2)c(C(=O)[O-])c1. The van der Waals surface area contributed by atoms with Crippen molar-refractivity contribution in [3.63, 3.8) is 0 Å². The summed E-state index contributed by atoms with van der Waals surface area (Å²) in [6.45, 7) is 5.74. The van der Waals surface area contributed by atoms with E-state index in [1.807, 2.05) is 4.90 Å². The van der Waals surface area contributed by atoms with Crippen molar-refractivity contribution in [2.24, 2.45) is 0 Å². The van der Waals surface area contributed by atoms with Crippen LogP contribution in [0.15, 0.2) is 23.1 Å². The molecule has 1 aromatic carbocycles. The number of carboxylic acids is 1. The fraction of sp³-hybridized carbons (Fsp3) is 0.533. The number of carbonyl (C=O) groups excluding carboxylic acids is 1. The Bertz CT molecular complexity index is 648. The van der Waals surface area contributed by atoms with Crippen molar-refractivity contribution >= 4 is 21.7 Å². The molecule has 2 rings (SSSR count). The number of sulfonamides is 1. The summed E-state index contributed by atoms with van der Waals surface area (Å²) in [6.07, 6.45) is 2.01. The highest BCUT2D eigenvalue weighted by Gasteiger charge is 2.24. The number of hydrogen-bond acceptors (Lipinski definition) is 5. The van der Waals surface area contributed by atoms with E-state index in [2.05, 4.69) is 0 Å². The maximum Gasteiger partial charge on any atom is 0.243 e. The second-order valence-electron chi connectivity index (χ2n) is 5.25. The number of aromatic carboxylic acids is 1. The van der Waals surface area contributed by atoms with Gasteiger partial charge in [-0.3, -0.25) is 0 Å². The Morgan fingerprint density at radius 1 is 1.23 bits per heavy atom. The van der Waals surface area contributed by atoms with Crippen molar-refractivity contribution in [1.82, 2.24) is 4.31 Å². The van der Waals surface area contributed by atoms with Gasteiger partial charge in [0.15, 0.2) is 0 Å². The summed E-state index contributed by atoms with van der Waals surface area (Å²) in [5, 5.41) is 11.4. The van der Waals surface area contributed by atoms with E-state index >= 15 is 0 Å². The summed E-state index contributed by atoms with van der Waals surface area (Å²) in [7, 11) is -3.67. The van der Waals surface area contributed by atoms with Crippen LogP contribution in [0.2, 0.25) is 0 Å². The predicted molar refractivity (Wildman–Crippen MR) is 82.3 cm³/mol. The Hall–Kier alpha value is -1.60. The van der Waals surface area contributed by atoms with Gasteiger partial charge in [0, 0.05) is 37.4 Å². The van der Waals surface area contributed by atoms with E-state index in [1.165, 1.54) is 16.4 Å². The van der Waals surface area contributed by atoms with Crippen LogP contribution in [-0.4, -0.2) is 44.9 Å². The second kappa shape index (κ2) is 6.66. The van der Waals surface area contributed by atoms with Crippen LogP contribution in [0.5, 0.6) is 0 Å². The van der Waals surface area contributed by atoms with E-state index < -0.39 is 16.0 Å². The van der Waals surface area contributed by atoms with Crippen LogP contribution in [0, 0.1) is 0 Å². The molecular weight excluding hydrogens is 304 g/mol. The van der Waals surface area contributed by atoms with E-state index in [0.29, 0.717) is 18.8 Å². The van der Waals surface area contributed by atoms with Gasteiger partial charge in [-0.2, -0.15) is 4.31 Å². The molecule has 1 aliphatic rings. The first-order chi connectivity index (χ1) is 10.4. The van der Waals surface area contributed by atoms with Crippen LogP contribution in [0.1, 0.15) is 37.0 Å². The van der Waals surface area contributed by atoms with E-state index in [9.17, 15) is 18.3 Å². The fourth-order valence-electron chi connectivity index (χ4n) is 2.79. The van der Waals surface area contributed by atoms with Crippen LogP contribution in [-0.2, 0) is 10.0 Å². The van der Waals surface area contributed by atoms with Crippen LogP contribution >= 0.6 is 0 Å². The lowest BCUT2D eigenvalue weighted by Gasteiger charge is -2.24. The van der Waals surface area contributed by atoms with Gasteiger partial charge in [0.2, 0.25) is 10.0 Å². The molecule has 22 heavy (non-hydrogen) atoms. The molecule has 122 valence electrons. The highest BCUT2D eigenvalue weighted by Crippen LogP contribution is 2.28. The number of carbonyl (C=O) groups is 1. The lowest BCUT2D eigenvalue weighted by Crippen LogP contribution is -2.32. The van der Waals surface area contributed by atoms with Crippen LogP contribution < -0.4 is 10.0 Å². The standard InChI is InChI=1S/C15H22N2O4S/c1-3-17(4-2)22(20,21)12-7-8-14(13(11-12)15(18)19)16-9-5-6-10-16/h7-8,11H,3-6,9-10H2,1-2H3,(H,18,19)/p-1. The zero-order chi connectivity index (χ0) is 16.3. The molecule has 1 heterocycles. The van der Waals surface area contributed by atoms with E-state index in [-0.39, 0.29) is 10.5 Å². The molecule has 6 nitrogen and oxygen atoms in total. The smallest absolute Gasteiger partial charge is 0.243 e. The van der Waals surface area contributed by atoms with E-state index in [1.54, 1.807) is 19.9 Å². The van der Waals surface area contributed by atoms with Gasteiger partial charge < -0.3 is 14.8 Å². The third-order valence-electron chi connectivity index (χ3n) is 3.98. The molecule has 1 aromatic rings. The lowest BCUT2D eigenvalue weighted by molar-refractivity contribution is -0.254. The summed E-state index contributed by atoms with van der Waals surface area (Å²) in [4.78, 5) is 13.4. The largest absolute Gasteiger partial charge is 0.545 e. The quantitative estimate of drug-likeness (QED) is 0.768. The van der Waals surface area contributed by atoms with Gasteiger partial charge >= 0.3 is 0 Å². The van der Waals surface area contributed by atoms with Gasteiger partial charge in [-0.25, -0.2) is 8.42 Å². The van der Waals surface area contributed by atoms with Crippen molar-refractivity contribution in [3.8, 4) is 0 Å². The normalized spacial score (nSPS) is 15.5. The first-order valence-corrected chi connectivity index (χ1v) is 8.96. The van der Waals surface area contributed by atoms with Gasteiger partial charge in [-0.1, -0.05) is 13.8 Å². The molecule has 0 aromatic heterocycles. The van der Waals surface area contributed by atoms with Gasteiger partial charge in [-0.05, 0) is 31.0 Å². The predicted octanol–water partition coefficient (Wildman–Crippen LogP) is 0.681. The topological polar surface area (TPSA) is 80.8 Å².